The number of carbonyl (C=O) groups excluding carboxylic acids is 1. The molecule has 1 saturated heterocycles. The summed E-state index contributed by atoms with van der Waals surface area (Å²) in [5.41, 5.74) is 5.96. The van der Waals surface area contributed by atoms with Crippen LogP contribution in [0, 0.1) is 5.41 Å². The van der Waals surface area contributed by atoms with Gasteiger partial charge >= 0.3 is 0 Å². The fraction of sp³-hybridized carbons (Fsp3) is 0.923. The predicted octanol–water partition coefficient (Wildman–Crippen LogP) is 1.19. The molecule has 1 heterocycles. The summed E-state index contributed by atoms with van der Waals surface area (Å²) in [6.45, 7) is 5.03. The molecule has 0 aromatic heterocycles. The van der Waals surface area contributed by atoms with E-state index in [9.17, 15) is 4.79 Å². The number of carbonyl (C=O) groups is 1. The van der Waals surface area contributed by atoms with E-state index < -0.39 is 0 Å². The van der Waals surface area contributed by atoms with Gasteiger partial charge in [-0.3, -0.25) is 4.79 Å². The van der Waals surface area contributed by atoms with E-state index in [1.54, 1.807) is 0 Å². The molecule has 2 aliphatic rings. The zero-order chi connectivity index (χ0) is 12.5. The van der Waals surface area contributed by atoms with Crippen LogP contribution in [0.15, 0.2) is 0 Å². The van der Waals surface area contributed by atoms with Gasteiger partial charge in [0.25, 0.3) is 0 Å². The summed E-state index contributed by atoms with van der Waals surface area (Å²) in [5, 5.41) is 3.09. The largest absolute Gasteiger partial charge is 0.378 e. The highest BCUT2D eigenvalue weighted by Crippen LogP contribution is 2.39. The number of nitrogens with two attached hydrogens (primary N) is 1. The third-order valence-corrected chi connectivity index (χ3v) is 4.37. The predicted molar refractivity (Wildman–Crippen MR) is 66.5 cm³/mol. The van der Waals surface area contributed by atoms with Crippen molar-refractivity contribution in [2.24, 2.45) is 11.1 Å². The lowest BCUT2D eigenvalue weighted by atomic mass is 9.63. The molecule has 3 unspecified atom stereocenters. The van der Waals surface area contributed by atoms with E-state index >= 15 is 0 Å². The summed E-state index contributed by atoms with van der Waals surface area (Å²) < 4.78 is 5.57. The van der Waals surface area contributed by atoms with Crippen molar-refractivity contribution >= 4 is 5.91 Å². The van der Waals surface area contributed by atoms with Gasteiger partial charge in [-0.05, 0) is 25.7 Å². The molecule has 4 heteroatoms. The van der Waals surface area contributed by atoms with E-state index in [1.165, 1.54) is 6.42 Å². The van der Waals surface area contributed by atoms with Gasteiger partial charge in [-0.25, -0.2) is 0 Å². The Bertz CT molecular complexity index is 285. The van der Waals surface area contributed by atoms with Crippen molar-refractivity contribution in [3.05, 3.63) is 0 Å². The second kappa shape index (κ2) is 4.94. The zero-order valence-electron chi connectivity index (χ0n) is 10.9. The number of nitrogens with one attached hydrogen (secondary N) is 1. The first-order chi connectivity index (χ1) is 8.00. The summed E-state index contributed by atoms with van der Waals surface area (Å²) in [4.78, 5) is 11.9. The third kappa shape index (κ3) is 2.80. The van der Waals surface area contributed by atoms with Gasteiger partial charge in [0.1, 0.15) is 0 Å². The SMILES string of the molecule is CC1(C)C(N)CC1NC(=O)CC1CCCCO1. The third-order valence-electron chi connectivity index (χ3n) is 4.37. The Labute approximate surface area is 103 Å². The van der Waals surface area contributed by atoms with Gasteiger partial charge in [-0.1, -0.05) is 13.8 Å². The molecule has 98 valence electrons. The van der Waals surface area contributed by atoms with E-state index in [1.807, 2.05) is 0 Å². The smallest absolute Gasteiger partial charge is 0.222 e. The Hall–Kier alpha value is -0.610. The number of hydrogen-bond donors (Lipinski definition) is 2. The monoisotopic (exact) mass is 240 g/mol. The highest BCUT2D eigenvalue weighted by molar-refractivity contribution is 5.77. The van der Waals surface area contributed by atoms with Crippen LogP contribution in [0.3, 0.4) is 0 Å². The molecule has 1 amide bonds. The van der Waals surface area contributed by atoms with E-state index in [2.05, 4.69) is 19.2 Å². The van der Waals surface area contributed by atoms with Crippen LogP contribution in [-0.2, 0) is 9.53 Å². The van der Waals surface area contributed by atoms with Crippen LogP contribution < -0.4 is 11.1 Å². The van der Waals surface area contributed by atoms with Crippen molar-refractivity contribution in [1.29, 1.82) is 0 Å². The number of rotatable bonds is 3. The maximum absolute atomic E-state index is 11.9. The molecule has 2 rings (SSSR count). The Morgan fingerprint density at radius 3 is 2.76 bits per heavy atom. The van der Waals surface area contributed by atoms with Gasteiger partial charge in [0.2, 0.25) is 5.91 Å². The lowest BCUT2D eigenvalue weighted by Gasteiger charge is -2.50. The van der Waals surface area contributed by atoms with Crippen molar-refractivity contribution in [2.75, 3.05) is 6.61 Å². The molecule has 0 spiro atoms. The van der Waals surface area contributed by atoms with Crippen LogP contribution in [0.5, 0.6) is 0 Å². The van der Waals surface area contributed by atoms with E-state index in [0.717, 1.165) is 25.9 Å². The average Bonchev–Trinajstić information content (AvgIpc) is 2.30. The van der Waals surface area contributed by atoms with Crippen molar-refractivity contribution in [2.45, 2.75) is 64.1 Å². The minimum absolute atomic E-state index is 0.0308. The van der Waals surface area contributed by atoms with Gasteiger partial charge in [0, 0.05) is 24.1 Å². The molecule has 0 radical (unpaired) electrons. The summed E-state index contributed by atoms with van der Waals surface area (Å²) in [5.74, 6) is 0.113. The normalized spacial score (nSPS) is 36.1. The van der Waals surface area contributed by atoms with Gasteiger partial charge in [-0.2, -0.15) is 0 Å². The maximum atomic E-state index is 11.9. The van der Waals surface area contributed by atoms with Crippen LogP contribution in [0.25, 0.3) is 0 Å². The van der Waals surface area contributed by atoms with Crippen LogP contribution in [0.4, 0.5) is 0 Å². The van der Waals surface area contributed by atoms with Crippen molar-refractivity contribution < 1.29 is 9.53 Å². The lowest BCUT2D eigenvalue weighted by molar-refractivity contribution is -0.128. The highest BCUT2D eigenvalue weighted by atomic mass is 16.5. The van der Waals surface area contributed by atoms with Crippen LogP contribution >= 0.6 is 0 Å². The molecule has 0 bridgehead atoms. The Balaban J connectivity index is 1.74. The average molecular weight is 240 g/mol. The quantitative estimate of drug-likeness (QED) is 0.779. The van der Waals surface area contributed by atoms with E-state index in [0.29, 0.717) is 6.42 Å². The molecule has 2 fully saturated rings. The first-order valence-corrected chi connectivity index (χ1v) is 6.66. The van der Waals surface area contributed by atoms with Crippen LogP contribution in [0.1, 0.15) is 46.0 Å². The molecular formula is C13H24N2O2. The van der Waals surface area contributed by atoms with E-state index in [4.69, 9.17) is 10.5 Å². The minimum atomic E-state index is 0.0308. The first kappa shape index (κ1) is 12.8. The number of amides is 1. The summed E-state index contributed by atoms with van der Waals surface area (Å²) in [7, 11) is 0. The first-order valence-electron chi connectivity index (χ1n) is 6.66. The minimum Gasteiger partial charge on any atom is -0.378 e. The van der Waals surface area contributed by atoms with Gasteiger partial charge in [0.05, 0.1) is 12.5 Å². The Morgan fingerprint density at radius 2 is 2.24 bits per heavy atom. The maximum Gasteiger partial charge on any atom is 0.222 e. The van der Waals surface area contributed by atoms with E-state index in [-0.39, 0.29) is 29.5 Å². The molecular weight excluding hydrogens is 216 g/mol. The second-order valence-corrected chi connectivity index (χ2v) is 5.98. The summed E-state index contributed by atoms with van der Waals surface area (Å²) >= 11 is 0. The molecule has 3 atom stereocenters. The summed E-state index contributed by atoms with van der Waals surface area (Å²) in [6.07, 6.45) is 4.84. The van der Waals surface area contributed by atoms with Gasteiger partial charge in [-0.15, -0.1) is 0 Å². The van der Waals surface area contributed by atoms with Crippen LogP contribution in [0.2, 0.25) is 0 Å². The molecule has 1 aliphatic carbocycles. The fourth-order valence-electron chi connectivity index (χ4n) is 2.63. The number of hydrogen-bond acceptors (Lipinski definition) is 3. The fourth-order valence-corrected chi connectivity index (χ4v) is 2.63. The van der Waals surface area contributed by atoms with Crippen LogP contribution in [-0.4, -0.2) is 30.7 Å². The zero-order valence-corrected chi connectivity index (χ0v) is 10.9. The molecule has 0 aromatic rings. The second-order valence-electron chi connectivity index (χ2n) is 5.98. The number of ether oxygens (including phenoxy) is 1. The molecule has 1 saturated carbocycles. The Kier molecular flexibility index (Phi) is 3.73. The van der Waals surface area contributed by atoms with Crippen molar-refractivity contribution in [1.82, 2.24) is 5.32 Å². The molecule has 0 aromatic carbocycles. The highest BCUT2D eigenvalue weighted by Gasteiger charge is 2.46. The van der Waals surface area contributed by atoms with Gasteiger partial charge < -0.3 is 15.8 Å². The van der Waals surface area contributed by atoms with Crippen molar-refractivity contribution in [3.8, 4) is 0 Å². The Morgan fingerprint density at radius 1 is 1.47 bits per heavy atom. The lowest BCUT2D eigenvalue weighted by Crippen LogP contribution is -2.64. The molecule has 1 aliphatic heterocycles. The standard InChI is InChI=1S/C13H24N2O2/c1-13(2)10(14)8-11(13)15-12(16)7-9-5-3-4-6-17-9/h9-11H,3-8,14H2,1-2H3,(H,15,16). The van der Waals surface area contributed by atoms with Crippen molar-refractivity contribution in [3.63, 3.8) is 0 Å². The van der Waals surface area contributed by atoms with Gasteiger partial charge in [0.15, 0.2) is 0 Å². The topological polar surface area (TPSA) is 64.3 Å². The molecule has 17 heavy (non-hydrogen) atoms. The molecule has 4 nitrogen and oxygen atoms in total. The summed E-state index contributed by atoms with van der Waals surface area (Å²) in [6, 6.07) is 0.437. The molecule has 3 N–H and O–H groups in total.